The zero-order valence-corrected chi connectivity index (χ0v) is 10.3. The van der Waals surface area contributed by atoms with Gasteiger partial charge in [-0.2, -0.15) is 0 Å². The lowest BCUT2D eigenvalue weighted by atomic mass is 10.3. The Morgan fingerprint density at radius 1 is 1.64 bits per heavy atom. The number of halogens is 3. The summed E-state index contributed by atoms with van der Waals surface area (Å²) in [6, 6.07) is 0. The minimum Gasteiger partial charge on any atom is -0.462 e. The predicted molar refractivity (Wildman–Crippen MR) is 57.9 cm³/mol. The number of rotatable bonds is 2. The van der Waals surface area contributed by atoms with E-state index in [4.69, 9.17) is 27.9 Å². The van der Waals surface area contributed by atoms with E-state index in [1.807, 2.05) is 0 Å². The number of hydrogen-bond acceptors (Lipinski definition) is 3. The average Bonchev–Trinajstić information content (AvgIpc) is 2.15. The summed E-state index contributed by atoms with van der Waals surface area (Å²) in [6.45, 7) is 2.00. The van der Waals surface area contributed by atoms with E-state index in [1.54, 1.807) is 6.92 Å². The van der Waals surface area contributed by atoms with Crippen molar-refractivity contribution in [1.29, 1.82) is 0 Å². The Morgan fingerprint density at radius 2 is 2.29 bits per heavy atom. The minimum atomic E-state index is -0.512. The second kappa shape index (κ2) is 4.96. The number of hydrogen-bond donors (Lipinski definition) is 0. The first-order valence-corrected chi connectivity index (χ1v) is 5.29. The van der Waals surface area contributed by atoms with Gasteiger partial charge in [0.1, 0.15) is 5.15 Å². The molecule has 0 N–H and O–H groups in total. The van der Waals surface area contributed by atoms with E-state index in [9.17, 15) is 4.79 Å². The SMILES string of the molecule is CCOC(=O)c1cnc(Cl)c(Br)c1Cl. The highest BCUT2D eigenvalue weighted by molar-refractivity contribution is 9.10. The molecule has 76 valence electrons. The Balaban J connectivity index is 3.11. The normalized spacial score (nSPS) is 10.0. The third-order valence-corrected chi connectivity index (χ3v) is 3.32. The van der Waals surface area contributed by atoms with Gasteiger partial charge in [0, 0.05) is 6.20 Å². The van der Waals surface area contributed by atoms with Gasteiger partial charge in [0.05, 0.1) is 21.7 Å². The molecule has 1 rings (SSSR count). The second-order valence-corrected chi connectivity index (χ2v) is 3.84. The van der Waals surface area contributed by atoms with Crippen LogP contribution in [0.5, 0.6) is 0 Å². The molecule has 1 aromatic heterocycles. The van der Waals surface area contributed by atoms with Gasteiger partial charge in [-0.3, -0.25) is 0 Å². The number of nitrogens with zero attached hydrogens (tertiary/aromatic N) is 1. The number of esters is 1. The summed E-state index contributed by atoms with van der Waals surface area (Å²) in [4.78, 5) is 15.1. The molecular weight excluding hydrogens is 293 g/mol. The molecule has 3 nitrogen and oxygen atoms in total. The van der Waals surface area contributed by atoms with Gasteiger partial charge in [-0.15, -0.1) is 0 Å². The van der Waals surface area contributed by atoms with Crippen LogP contribution in [0, 0.1) is 0 Å². The summed E-state index contributed by atoms with van der Waals surface area (Å²) in [5.41, 5.74) is 0.199. The Hall–Kier alpha value is -0.320. The van der Waals surface area contributed by atoms with E-state index in [-0.39, 0.29) is 22.3 Å². The number of carbonyl (C=O) groups is 1. The fraction of sp³-hybridized carbons (Fsp3) is 0.250. The highest BCUT2D eigenvalue weighted by atomic mass is 79.9. The molecule has 14 heavy (non-hydrogen) atoms. The molecule has 0 unspecified atom stereocenters. The van der Waals surface area contributed by atoms with Crippen molar-refractivity contribution in [2.45, 2.75) is 6.92 Å². The third-order valence-electron chi connectivity index (χ3n) is 1.41. The van der Waals surface area contributed by atoms with Gasteiger partial charge in [0.2, 0.25) is 0 Å². The average molecular weight is 299 g/mol. The van der Waals surface area contributed by atoms with Crippen molar-refractivity contribution in [2.24, 2.45) is 0 Å². The Labute approximate surface area is 99.5 Å². The summed E-state index contributed by atoms with van der Waals surface area (Å²) in [7, 11) is 0. The van der Waals surface area contributed by atoms with Crippen LogP contribution in [-0.2, 0) is 4.74 Å². The molecule has 0 atom stereocenters. The first-order chi connectivity index (χ1) is 6.57. The van der Waals surface area contributed by atoms with Gasteiger partial charge in [0.15, 0.2) is 0 Å². The van der Waals surface area contributed by atoms with E-state index < -0.39 is 5.97 Å². The highest BCUT2D eigenvalue weighted by Gasteiger charge is 2.16. The molecule has 0 bridgehead atoms. The molecule has 0 spiro atoms. The van der Waals surface area contributed by atoms with Crippen molar-refractivity contribution in [3.05, 3.63) is 26.4 Å². The zero-order chi connectivity index (χ0) is 10.7. The molecule has 0 fully saturated rings. The van der Waals surface area contributed by atoms with Crippen molar-refractivity contribution >= 4 is 45.1 Å². The van der Waals surface area contributed by atoms with Gasteiger partial charge in [-0.25, -0.2) is 9.78 Å². The van der Waals surface area contributed by atoms with Gasteiger partial charge in [0.25, 0.3) is 0 Å². The summed E-state index contributed by atoms with van der Waals surface area (Å²) in [6.07, 6.45) is 1.29. The van der Waals surface area contributed by atoms with Crippen LogP contribution in [0.1, 0.15) is 17.3 Å². The van der Waals surface area contributed by atoms with Crippen molar-refractivity contribution in [3.8, 4) is 0 Å². The first-order valence-electron chi connectivity index (χ1n) is 3.74. The predicted octanol–water partition coefficient (Wildman–Crippen LogP) is 3.33. The smallest absolute Gasteiger partial charge is 0.341 e. The molecule has 0 aromatic carbocycles. The molecule has 6 heteroatoms. The van der Waals surface area contributed by atoms with E-state index in [2.05, 4.69) is 20.9 Å². The van der Waals surface area contributed by atoms with Gasteiger partial charge in [-0.1, -0.05) is 23.2 Å². The van der Waals surface area contributed by atoms with Crippen molar-refractivity contribution in [3.63, 3.8) is 0 Å². The summed E-state index contributed by atoms with van der Waals surface area (Å²) >= 11 is 14.6. The van der Waals surface area contributed by atoms with E-state index >= 15 is 0 Å². The summed E-state index contributed by atoms with van der Waals surface area (Å²) in [5.74, 6) is -0.512. The van der Waals surface area contributed by atoms with Crippen LogP contribution < -0.4 is 0 Å². The lowest BCUT2D eigenvalue weighted by molar-refractivity contribution is 0.0526. The Bertz CT molecular complexity index is 371. The van der Waals surface area contributed by atoms with Crippen molar-refractivity contribution < 1.29 is 9.53 Å². The third kappa shape index (κ3) is 2.38. The molecule has 0 aliphatic rings. The van der Waals surface area contributed by atoms with Crippen LogP contribution >= 0.6 is 39.1 Å². The highest BCUT2D eigenvalue weighted by Crippen LogP contribution is 2.31. The van der Waals surface area contributed by atoms with Gasteiger partial charge in [-0.05, 0) is 22.9 Å². The molecule has 1 aromatic rings. The maximum absolute atomic E-state index is 11.3. The number of aromatic nitrogens is 1. The Kier molecular flexibility index (Phi) is 4.16. The molecule has 0 saturated carbocycles. The van der Waals surface area contributed by atoms with Crippen LogP contribution in [0.4, 0.5) is 0 Å². The molecule has 0 amide bonds. The quantitative estimate of drug-likeness (QED) is 0.621. The number of carbonyl (C=O) groups excluding carboxylic acids is 1. The fourth-order valence-electron chi connectivity index (χ4n) is 0.795. The maximum atomic E-state index is 11.3. The molecule has 0 aliphatic heterocycles. The maximum Gasteiger partial charge on any atom is 0.341 e. The van der Waals surface area contributed by atoms with Gasteiger partial charge >= 0.3 is 5.97 Å². The zero-order valence-electron chi connectivity index (χ0n) is 7.18. The molecule has 0 saturated heterocycles. The van der Waals surface area contributed by atoms with Gasteiger partial charge < -0.3 is 4.74 Å². The lowest BCUT2D eigenvalue weighted by Gasteiger charge is -2.05. The standard InChI is InChI=1S/C8H6BrCl2NO2/c1-2-14-8(13)4-3-12-7(11)5(9)6(4)10/h3H,2H2,1H3. The molecule has 0 radical (unpaired) electrons. The fourth-order valence-corrected chi connectivity index (χ4v) is 1.52. The van der Waals surface area contributed by atoms with Crippen LogP contribution in [-0.4, -0.2) is 17.6 Å². The Morgan fingerprint density at radius 3 is 2.86 bits per heavy atom. The molecular formula is C8H6BrCl2NO2. The van der Waals surface area contributed by atoms with E-state index in [1.165, 1.54) is 6.20 Å². The van der Waals surface area contributed by atoms with Crippen molar-refractivity contribution in [1.82, 2.24) is 4.98 Å². The van der Waals surface area contributed by atoms with Crippen LogP contribution in [0.15, 0.2) is 10.7 Å². The molecule has 1 heterocycles. The second-order valence-electron chi connectivity index (χ2n) is 2.31. The van der Waals surface area contributed by atoms with Crippen LogP contribution in [0.25, 0.3) is 0 Å². The first kappa shape index (κ1) is 11.8. The van der Waals surface area contributed by atoms with Crippen LogP contribution in [0.3, 0.4) is 0 Å². The largest absolute Gasteiger partial charge is 0.462 e. The van der Waals surface area contributed by atoms with Crippen LogP contribution in [0.2, 0.25) is 10.2 Å². The monoisotopic (exact) mass is 297 g/mol. The summed E-state index contributed by atoms with van der Waals surface area (Å²) < 4.78 is 5.17. The number of ether oxygens (including phenoxy) is 1. The van der Waals surface area contributed by atoms with Crippen molar-refractivity contribution in [2.75, 3.05) is 6.61 Å². The summed E-state index contributed by atoms with van der Waals surface area (Å²) in [5, 5.41) is 0.423. The van der Waals surface area contributed by atoms with E-state index in [0.717, 1.165) is 0 Å². The minimum absolute atomic E-state index is 0.199. The topological polar surface area (TPSA) is 39.2 Å². The number of pyridine rings is 1. The van der Waals surface area contributed by atoms with E-state index in [0.29, 0.717) is 4.47 Å². The molecule has 0 aliphatic carbocycles. The lowest BCUT2D eigenvalue weighted by Crippen LogP contribution is -2.06.